The van der Waals surface area contributed by atoms with Crippen LogP contribution in [0.25, 0.3) is 0 Å². The maximum Gasteiger partial charge on any atom is -0.00187 e. The van der Waals surface area contributed by atoms with E-state index < -0.39 is 0 Å². The lowest BCUT2D eigenvalue weighted by atomic mass is 9.89. The van der Waals surface area contributed by atoms with Crippen LogP contribution < -0.4 is 11.7 Å². The summed E-state index contributed by atoms with van der Waals surface area (Å²) in [6, 6.07) is 0. The summed E-state index contributed by atoms with van der Waals surface area (Å²) in [5.74, 6) is 8.00. The summed E-state index contributed by atoms with van der Waals surface area (Å²) >= 11 is 0. The molecule has 0 aliphatic rings. The summed E-state index contributed by atoms with van der Waals surface area (Å²) in [4.78, 5) is 2.84. The molecule has 0 amide bonds. The average molecular weight is 554 g/mol. The van der Waals surface area contributed by atoms with Crippen molar-refractivity contribution < 1.29 is 0 Å². The summed E-state index contributed by atoms with van der Waals surface area (Å²) < 4.78 is 0. The first-order chi connectivity index (χ1) is 18.6. The van der Waals surface area contributed by atoms with Crippen molar-refractivity contribution in [3.8, 4) is 0 Å². The molecule has 238 valence electrons. The van der Waals surface area contributed by atoms with Crippen LogP contribution in [0.3, 0.4) is 0 Å². The zero-order valence-electron chi connectivity index (χ0n) is 28.7. The zero-order valence-corrected chi connectivity index (χ0v) is 28.7. The second-order valence-electron chi connectivity index (χ2n) is 14.9. The molecule has 3 heteroatoms. The van der Waals surface area contributed by atoms with Crippen LogP contribution >= 0.6 is 0 Å². The molecule has 0 saturated heterocycles. The predicted molar refractivity (Wildman–Crippen MR) is 180 cm³/mol. The first-order valence-corrected chi connectivity index (χ1v) is 17.7. The van der Waals surface area contributed by atoms with Crippen molar-refractivity contribution in [2.75, 3.05) is 19.6 Å². The number of rotatable bonds is 27. The van der Waals surface area contributed by atoms with Gasteiger partial charge in [-0.3, -0.25) is 11.7 Å². The minimum atomic E-state index is 0.518. The molecule has 0 aromatic rings. The summed E-state index contributed by atoms with van der Waals surface area (Å²) in [6.07, 6.45) is 34.5. The van der Waals surface area contributed by atoms with Gasteiger partial charge in [0.1, 0.15) is 0 Å². The number of nitrogens with two attached hydrogens (primary N) is 2. The van der Waals surface area contributed by atoms with Crippen LogP contribution in [0.1, 0.15) is 203 Å². The van der Waals surface area contributed by atoms with Crippen LogP contribution in [0.2, 0.25) is 0 Å². The second-order valence-corrected chi connectivity index (χ2v) is 14.9. The first-order valence-electron chi connectivity index (χ1n) is 17.7. The summed E-state index contributed by atoms with van der Waals surface area (Å²) in [5, 5.41) is 0. The molecule has 0 rings (SSSR count). The fraction of sp³-hybridized carbons (Fsp3) is 1.00. The Kier molecular flexibility index (Phi) is 30.9. The lowest BCUT2D eigenvalue weighted by Gasteiger charge is -2.22. The van der Waals surface area contributed by atoms with Crippen LogP contribution in [0, 0.1) is 10.8 Å². The van der Waals surface area contributed by atoms with Crippen LogP contribution in [0.5, 0.6) is 0 Å². The van der Waals surface area contributed by atoms with Crippen molar-refractivity contribution in [1.82, 2.24) is 4.90 Å². The summed E-state index contributed by atoms with van der Waals surface area (Å²) in [6.45, 7) is 20.6. The van der Waals surface area contributed by atoms with Crippen molar-refractivity contribution in [1.29, 1.82) is 0 Å². The molecule has 0 aliphatic carbocycles. The highest BCUT2D eigenvalue weighted by Gasteiger charge is 2.10. The van der Waals surface area contributed by atoms with Gasteiger partial charge in [0.05, 0.1) is 0 Å². The minimum absolute atomic E-state index is 0.518. The molecule has 0 spiro atoms. The van der Waals surface area contributed by atoms with Crippen LogP contribution in [0.15, 0.2) is 0 Å². The monoisotopic (exact) mass is 554 g/mol. The van der Waals surface area contributed by atoms with Gasteiger partial charge in [0.25, 0.3) is 0 Å². The van der Waals surface area contributed by atoms with Crippen molar-refractivity contribution in [3.63, 3.8) is 0 Å². The molecule has 0 heterocycles. The van der Waals surface area contributed by atoms with Crippen LogP contribution in [0.4, 0.5) is 0 Å². The lowest BCUT2D eigenvalue weighted by Crippen LogP contribution is -2.27. The summed E-state index contributed by atoms with van der Waals surface area (Å²) in [5.41, 5.74) is 1.04. The molecule has 0 radical (unpaired) electrons. The Balaban J connectivity index is 0. The zero-order chi connectivity index (χ0) is 29.7. The fourth-order valence-corrected chi connectivity index (χ4v) is 5.55. The van der Waals surface area contributed by atoms with Gasteiger partial charge in [0.15, 0.2) is 0 Å². The van der Waals surface area contributed by atoms with Gasteiger partial charge >= 0.3 is 0 Å². The molecule has 3 nitrogen and oxygen atoms in total. The predicted octanol–water partition coefficient (Wildman–Crippen LogP) is 11.6. The SMILES string of the molecule is CCCCCCCCCCN(CCCCCCCCCC(C)(C)C)CCCCCCCCCC(C)(C)C.NN. The number of hydrazine groups is 1. The molecule has 0 bridgehead atoms. The number of hydrogen-bond acceptors (Lipinski definition) is 3. The van der Waals surface area contributed by atoms with E-state index in [0.29, 0.717) is 10.8 Å². The van der Waals surface area contributed by atoms with E-state index in [9.17, 15) is 0 Å². The van der Waals surface area contributed by atoms with E-state index in [1.165, 1.54) is 174 Å². The molecule has 0 aliphatic heterocycles. The Bertz CT molecular complexity index is 417. The quantitative estimate of drug-likeness (QED) is 0.0604. The Morgan fingerprint density at radius 2 is 0.590 bits per heavy atom. The van der Waals surface area contributed by atoms with E-state index >= 15 is 0 Å². The number of nitrogens with zero attached hydrogens (tertiary/aromatic N) is 1. The standard InChI is InChI=1S/C36H75N.H4N2/c1-8-9-10-11-12-17-22-27-32-37(33-28-23-18-13-15-20-25-30-35(2,3)4)34-29-24-19-14-16-21-26-31-36(5,6)7;1-2/h8-34H2,1-7H3;1-2H2. The largest absolute Gasteiger partial charge is 0.303 e. The Morgan fingerprint density at radius 3 is 0.846 bits per heavy atom. The minimum Gasteiger partial charge on any atom is -0.303 e. The molecular formula is C36H79N3. The van der Waals surface area contributed by atoms with E-state index in [0.717, 1.165) is 0 Å². The third kappa shape index (κ3) is 37.9. The van der Waals surface area contributed by atoms with E-state index in [2.05, 4.69) is 65.1 Å². The molecule has 0 saturated carbocycles. The highest BCUT2D eigenvalue weighted by Crippen LogP contribution is 2.23. The molecule has 39 heavy (non-hydrogen) atoms. The summed E-state index contributed by atoms with van der Waals surface area (Å²) in [7, 11) is 0. The lowest BCUT2D eigenvalue weighted by molar-refractivity contribution is 0.254. The second kappa shape index (κ2) is 29.4. The normalized spacial score (nSPS) is 12.2. The van der Waals surface area contributed by atoms with Gasteiger partial charge in [-0.25, -0.2) is 0 Å². The van der Waals surface area contributed by atoms with E-state index in [1.54, 1.807) is 0 Å². The molecule has 0 unspecified atom stereocenters. The van der Waals surface area contributed by atoms with Gasteiger partial charge < -0.3 is 4.90 Å². The first kappa shape index (κ1) is 41.0. The van der Waals surface area contributed by atoms with E-state index in [-0.39, 0.29) is 0 Å². The number of unbranched alkanes of at least 4 members (excludes halogenated alkanes) is 19. The Hall–Kier alpha value is -0.120. The van der Waals surface area contributed by atoms with Gasteiger partial charge in [-0.15, -0.1) is 0 Å². The molecule has 4 N–H and O–H groups in total. The molecular weight excluding hydrogens is 474 g/mol. The van der Waals surface area contributed by atoms with Gasteiger partial charge in [-0.05, 0) is 62.6 Å². The maximum absolute atomic E-state index is 4.00. The average Bonchev–Trinajstić information content (AvgIpc) is 2.87. The molecule has 0 fully saturated rings. The molecule has 0 aromatic carbocycles. The molecule has 0 aromatic heterocycles. The highest BCUT2D eigenvalue weighted by atomic mass is 15.1. The van der Waals surface area contributed by atoms with E-state index in [4.69, 9.17) is 0 Å². The maximum atomic E-state index is 4.00. The Labute approximate surface area is 249 Å². The van der Waals surface area contributed by atoms with Crippen molar-refractivity contribution in [2.45, 2.75) is 203 Å². The van der Waals surface area contributed by atoms with Gasteiger partial charge in [-0.2, -0.15) is 0 Å². The van der Waals surface area contributed by atoms with Crippen molar-refractivity contribution in [3.05, 3.63) is 0 Å². The van der Waals surface area contributed by atoms with Gasteiger partial charge in [0, 0.05) is 0 Å². The highest BCUT2D eigenvalue weighted by molar-refractivity contribution is 4.63. The fourth-order valence-electron chi connectivity index (χ4n) is 5.55. The topological polar surface area (TPSA) is 55.3 Å². The van der Waals surface area contributed by atoms with Gasteiger partial charge in [-0.1, -0.05) is 170 Å². The van der Waals surface area contributed by atoms with Crippen molar-refractivity contribution >= 4 is 0 Å². The molecule has 0 atom stereocenters. The Morgan fingerprint density at radius 1 is 0.359 bits per heavy atom. The van der Waals surface area contributed by atoms with Crippen LogP contribution in [-0.4, -0.2) is 24.5 Å². The smallest absolute Gasteiger partial charge is 0.00187 e. The van der Waals surface area contributed by atoms with Crippen LogP contribution in [-0.2, 0) is 0 Å². The third-order valence-electron chi connectivity index (χ3n) is 8.13. The third-order valence-corrected chi connectivity index (χ3v) is 8.13. The van der Waals surface area contributed by atoms with Crippen molar-refractivity contribution in [2.24, 2.45) is 22.5 Å². The van der Waals surface area contributed by atoms with Gasteiger partial charge in [0.2, 0.25) is 0 Å². The number of hydrogen-bond donors (Lipinski definition) is 2. The van der Waals surface area contributed by atoms with E-state index in [1.807, 2.05) is 0 Å².